The monoisotopic (exact) mass is 232 g/mol. The van der Waals surface area contributed by atoms with Crippen molar-refractivity contribution in [2.75, 3.05) is 19.1 Å². The van der Waals surface area contributed by atoms with E-state index in [0.717, 1.165) is 18.2 Å². The highest BCUT2D eigenvalue weighted by Crippen LogP contribution is 2.44. The molecule has 92 valence electrons. The van der Waals surface area contributed by atoms with Crippen molar-refractivity contribution in [2.45, 2.75) is 32.2 Å². The molecular formula is C14H20N2O. The van der Waals surface area contributed by atoms with Gasteiger partial charge in [0.05, 0.1) is 18.5 Å². The van der Waals surface area contributed by atoms with Crippen LogP contribution in [0.2, 0.25) is 0 Å². The molecule has 0 spiro atoms. The van der Waals surface area contributed by atoms with Gasteiger partial charge in [-0.25, -0.2) is 4.98 Å². The zero-order valence-electron chi connectivity index (χ0n) is 10.8. The van der Waals surface area contributed by atoms with Crippen molar-refractivity contribution in [1.82, 2.24) is 4.98 Å². The van der Waals surface area contributed by atoms with Crippen molar-refractivity contribution in [1.29, 1.82) is 0 Å². The lowest BCUT2D eigenvalue weighted by atomic mass is 9.87. The van der Waals surface area contributed by atoms with Crippen LogP contribution < -0.4 is 9.64 Å². The molecule has 1 aliphatic heterocycles. The summed E-state index contributed by atoms with van der Waals surface area (Å²) in [6, 6.07) is 4.83. The summed E-state index contributed by atoms with van der Waals surface area (Å²) >= 11 is 0. The minimum Gasteiger partial charge on any atom is -0.481 e. The van der Waals surface area contributed by atoms with Gasteiger partial charge in [0.2, 0.25) is 5.88 Å². The second kappa shape index (κ2) is 3.90. The largest absolute Gasteiger partial charge is 0.481 e. The van der Waals surface area contributed by atoms with Crippen LogP contribution >= 0.6 is 0 Å². The molecule has 1 fully saturated rings. The SMILES string of the molecule is COc1ccc2c(n1)C[C@@H](C)[C@H](C1CC1)N2C. The molecule has 0 unspecified atom stereocenters. The molecule has 0 bridgehead atoms. The van der Waals surface area contributed by atoms with E-state index >= 15 is 0 Å². The van der Waals surface area contributed by atoms with Crippen molar-refractivity contribution in [3.8, 4) is 5.88 Å². The van der Waals surface area contributed by atoms with E-state index in [1.807, 2.05) is 6.07 Å². The number of ether oxygens (including phenoxy) is 1. The molecular weight excluding hydrogens is 212 g/mol. The maximum absolute atomic E-state index is 5.21. The van der Waals surface area contributed by atoms with E-state index in [1.165, 1.54) is 24.2 Å². The number of nitrogens with zero attached hydrogens (tertiary/aromatic N) is 2. The Balaban J connectivity index is 1.96. The normalized spacial score (nSPS) is 27.8. The topological polar surface area (TPSA) is 25.4 Å². The molecule has 0 aromatic carbocycles. The molecule has 0 radical (unpaired) electrons. The standard InChI is InChI=1S/C14H20N2O/c1-9-8-11-12(6-7-13(15-11)17-3)16(2)14(9)10-4-5-10/h6-7,9-10,14H,4-5,8H2,1-3H3/t9-,14-/m1/s1. The highest BCUT2D eigenvalue weighted by molar-refractivity contribution is 5.55. The molecule has 3 nitrogen and oxygen atoms in total. The number of rotatable bonds is 2. The summed E-state index contributed by atoms with van der Waals surface area (Å²) in [6.07, 6.45) is 3.88. The Morgan fingerprint density at radius 1 is 1.35 bits per heavy atom. The molecule has 17 heavy (non-hydrogen) atoms. The molecule has 1 aromatic heterocycles. The fourth-order valence-electron chi connectivity index (χ4n) is 3.25. The highest BCUT2D eigenvalue weighted by atomic mass is 16.5. The number of hydrogen-bond acceptors (Lipinski definition) is 3. The Morgan fingerprint density at radius 2 is 2.12 bits per heavy atom. The van der Waals surface area contributed by atoms with E-state index in [0.29, 0.717) is 12.0 Å². The third-order valence-corrected chi connectivity index (χ3v) is 4.16. The quantitative estimate of drug-likeness (QED) is 0.783. The molecule has 0 saturated heterocycles. The van der Waals surface area contributed by atoms with Crippen LogP contribution in [0.3, 0.4) is 0 Å². The van der Waals surface area contributed by atoms with Crippen molar-refractivity contribution in [3.63, 3.8) is 0 Å². The van der Waals surface area contributed by atoms with E-state index in [9.17, 15) is 0 Å². The fourth-order valence-corrected chi connectivity index (χ4v) is 3.25. The van der Waals surface area contributed by atoms with Gasteiger partial charge >= 0.3 is 0 Å². The molecule has 2 aliphatic rings. The smallest absolute Gasteiger partial charge is 0.213 e. The lowest BCUT2D eigenvalue weighted by Crippen LogP contribution is -2.43. The Hall–Kier alpha value is -1.25. The van der Waals surface area contributed by atoms with E-state index in [4.69, 9.17) is 4.74 Å². The van der Waals surface area contributed by atoms with Gasteiger partial charge in [-0.05, 0) is 37.2 Å². The molecule has 1 aromatic rings. The maximum Gasteiger partial charge on any atom is 0.213 e. The maximum atomic E-state index is 5.21. The predicted octanol–water partition coefficient (Wildman–Crippen LogP) is 2.50. The molecule has 0 N–H and O–H groups in total. The average Bonchev–Trinajstić information content (AvgIpc) is 3.12. The summed E-state index contributed by atoms with van der Waals surface area (Å²) in [7, 11) is 3.89. The predicted molar refractivity (Wildman–Crippen MR) is 68.6 cm³/mol. The van der Waals surface area contributed by atoms with Gasteiger partial charge in [0.15, 0.2) is 0 Å². The zero-order chi connectivity index (χ0) is 12.0. The zero-order valence-corrected chi connectivity index (χ0v) is 10.8. The molecule has 1 aliphatic carbocycles. The van der Waals surface area contributed by atoms with Crippen LogP contribution in [0, 0.1) is 11.8 Å². The van der Waals surface area contributed by atoms with Crippen LogP contribution in [0.5, 0.6) is 5.88 Å². The summed E-state index contributed by atoms with van der Waals surface area (Å²) in [5.41, 5.74) is 2.48. The number of aromatic nitrogens is 1. The van der Waals surface area contributed by atoms with Crippen molar-refractivity contribution in [2.24, 2.45) is 11.8 Å². The Bertz CT molecular complexity index is 428. The van der Waals surface area contributed by atoms with Crippen molar-refractivity contribution >= 4 is 5.69 Å². The summed E-state index contributed by atoms with van der Waals surface area (Å²) < 4.78 is 5.21. The first kappa shape index (κ1) is 10.9. The van der Waals surface area contributed by atoms with Gasteiger partial charge in [-0.3, -0.25) is 0 Å². The van der Waals surface area contributed by atoms with E-state index in [-0.39, 0.29) is 0 Å². The number of fused-ring (bicyclic) bond motifs is 1. The van der Waals surface area contributed by atoms with Gasteiger partial charge in [-0.15, -0.1) is 0 Å². The third kappa shape index (κ3) is 1.78. The first-order valence-corrected chi connectivity index (χ1v) is 6.47. The summed E-state index contributed by atoms with van der Waals surface area (Å²) in [5, 5.41) is 0. The number of hydrogen-bond donors (Lipinski definition) is 0. The molecule has 3 rings (SSSR count). The molecule has 1 saturated carbocycles. The molecule has 0 amide bonds. The summed E-state index contributed by atoms with van der Waals surface area (Å²) in [5.74, 6) is 2.33. The van der Waals surface area contributed by atoms with Crippen LogP contribution in [0.15, 0.2) is 12.1 Å². The Kier molecular flexibility index (Phi) is 2.49. The van der Waals surface area contributed by atoms with E-state index in [2.05, 4.69) is 29.9 Å². The number of pyridine rings is 1. The first-order chi connectivity index (χ1) is 8.20. The number of anilines is 1. The molecule has 2 atom stereocenters. The fraction of sp³-hybridized carbons (Fsp3) is 0.643. The van der Waals surface area contributed by atoms with Gasteiger partial charge in [0.1, 0.15) is 0 Å². The lowest BCUT2D eigenvalue weighted by Gasteiger charge is -2.40. The Morgan fingerprint density at radius 3 is 2.76 bits per heavy atom. The van der Waals surface area contributed by atoms with Gasteiger partial charge in [0, 0.05) is 19.2 Å². The average molecular weight is 232 g/mol. The lowest BCUT2D eigenvalue weighted by molar-refractivity contribution is 0.366. The highest BCUT2D eigenvalue weighted by Gasteiger charge is 2.40. The second-order valence-electron chi connectivity index (χ2n) is 5.44. The van der Waals surface area contributed by atoms with Crippen LogP contribution in [0.25, 0.3) is 0 Å². The van der Waals surface area contributed by atoms with Crippen LogP contribution in [-0.2, 0) is 6.42 Å². The third-order valence-electron chi connectivity index (χ3n) is 4.16. The second-order valence-corrected chi connectivity index (χ2v) is 5.44. The Labute approximate surface area is 103 Å². The van der Waals surface area contributed by atoms with Crippen LogP contribution in [0.4, 0.5) is 5.69 Å². The minimum absolute atomic E-state index is 0.694. The summed E-state index contributed by atoms with van der Waals surface area (Å²) in [4.78, 5) is 7.02. The van der Waals surface area contributed by atoms with Crippen LogP contribution in [-0.4, -0.2) is 25.2 Å². The minimum atomic E-state index is 0.694. The van der Waals surface area contributed by atoms with Gasteiger partial charge < -0.3 is 9.64 Å². The summed E-state index contributed by atoms with van der Waals surface area (Å²) in [6.45, 7) is 2.35. The molecule has 3 heteroatoms. The van der Waals surface area contributed by atoms with Crippen LogP contribution in [0.1, 0.15) is 25.5 Å². The first-order valence-electron chi connectivity index (χ1n) is 6.47. The van der Waals surface area contributed by atoms with E-state index < -0.39 is 0 Å². The van der Waals surface area contributed by atoms with Gasteiger partial charge in [-0.2, -0.15) is 0 Å². The number of methoxy groups -OCH3 is 1. The van der Waals surface area contributed by atoms with Crippen molar-refractivity contribution in [3.05, 3.63) is 17.8 Å². The van der Waals surface area contributed by atoms with E-state index in [1.54, 1.807) is 7.11 Å². The van der Waals surface area contributed by atoms with Gasteiger partial charge in [-0.1, -0.05) is 6.92 Å². The van der Waals surface area contributed by atoms with Crippen molar-refractivity contribution < 1.29 is 4.74 Å². The van der Waals surface area contributed by atoms with Gasteiger partial charge in [0.25, 0.3) is 0 Å². The molecule has 2 heterocycles.